The number of para-hydroxylation sites is 1. The van der Waals surface area contributed by atoms with Gasteiger partial charge in [0.2, 0.25) is 10.0 Å². The topological polar surface area (TPSA) is 89.3 Å². The van der Waals surface area contributed by atoms with Crippen LogP contribution in [0.15, 0.2) is 41.8 Å². The van der Waals surface area contributed by atoms with E-state index in [9.17, 15) is 18.5 Å². The lowest BCUT2D eigenvalue weighted by molar-refractivity contribution is -0.385. The Morgan fingerprint density at radius 1 is 1.27 bits per heavy atom. The molecule has 0 radical (unpaired) electrons. The number of rotatable bonds is 7. The average Bonchev–Trinajstić information content (AvgIpc) is 2.90. The van der Waals surface area contributed by atoms with E-state index in [0.29, 0.717) is 6.42 Å². The Kier molecular flexibility index (Phi) is 5.28. The number of nitro benzene ring substituents is 1. The first-order chi connectivity index (χ1) is 10.4. The Labute approximate surface area is 133 Å². The molecule has 0 spiro atoms. The summed E-state index contributed by atoms with van der Waals surface area (Å²) in [5.74, 6) is -0.404. The van der Waals surface area contributed by atoms with E-state index >= 15 is 0 Å². The first-order valence-electron chi connectivity index (χ1n) is 6.62. The molecule has 2 rings (SSSR count). The average molecular weight is 340 g/mol. The van der Waals surface area contributed by atoms with Crippen molar-refractivity contribution in [3.63, 3.8) is 0 Å². The molecule has 22 heavy (non-hydrogen) atoms. The number of nitrogens with one attached hydrogen (secondary N) is 1. The third-order valence-corrected chi connectivity index (χ3v) is 5.35. The summed E-state index contributed by atoms with van der Waals surface area (Å²) in [7, 11) is -3.64. The molecule has 1 unspecified atom stereocenters. The Morgan fingerprint density at radius 2 is 2.00 bits per heavy atom. The molecule has 0 aliphatic carbocycles. The molecule has 0 bridgehead atoms. The van der Waals surface area contributed by atoms with Gasteiger partial charge in [-0.3, -0.25) is 10.1 Å². The van der Waals surface area contributed by atoms with E-state index in [4.69, 9.17) is 0 Å². The summed E-state index contributed by atoms with van der Waals surface area (Å²) in [4.78, 5) is 11.4. The number of thiophene rings is 1. The summed E-state index contributed by atoms with van der Waals surface area (Å²) in [5, 5.41) is 12.9. The molecule has 1 aromatic heterocycles. The zero-order chi connectivity index (χ0) is 16.2. The van der Waals surface area contributed by atoms with Gasteiger partial charge >= 0.3 is 0 Å². The summed E-state index contributed by atoms with van der Waals surface area (Å²) in [5.41, 5.74) is 0.00195. The molecule has 1 aromatic carbocycles. The third-order valence-electron chi connectivity index (χ3n) is 3.00. The third kappa shape index (κ3) is 4.62. The summed E-state index contributed by atoms with van der Waals surface area (Å²) >= 11 is 1.56. The summed E-state index contributed by atoms with van der Waals surface area (Å²) in [6.45, 7) is 1.77. The highest BCUT2D eigenvalue weighted by molar-refractivity contribution is 7.88. The second-order valence-electron chi connectivity index (χ2n) is 4.95. The molecule has 0 aliphatic rings. The van der Waals surface area contributed by atoms with Crippen LogP contribution in [0.2, 0.25) is 0 Å². The SMILES string of the molecule is CC(Cc1cccs1)NS(=O)(=O)Cc1ccccc1[N+](=O)[O-]. The van der Waals surface area contributed by atoms with Crippen molar-refractivity contribution in [2.75, 3.05) is 0 Å². The Morgan fingerprint density at radius 3 is 2.64 bits per heavy atom. The van der Waals surface area contributed by atoms with Gasteiger partial charge in [-0.1, -0.05) is 24.3 Å². The van der Waals surface area contributed by atoms with E-state index < -0.39 is 20.7 Å². The maximum absolute atomic E-state index is 12.2. The number of nitrogens with zero attached hydrogens (tertiary/aromatic N) is 1. The molecule has 1 N–H and O–H groups in total. The monoisotopic (exact) mass is 340 g/mol. The molecular weight excluding hydrogens is 324 g/mol. The minimum atomic E-state index is -3.64. The van der Waals surface area contributed by atoms with E-state index in [1.54, 1.807) is 24.3 Å². The molecule has 0 aliphatic heterocycles. The van der Waals surface area contributed by atoms with Gasteiger partial charge in [0.1, 0.15) is 0 Å². The van der Waals surface area contributed by atoms with Crippen molar-refractivity contribution in [2.45, 2.75) is 25.1 Å². The van der Waals surface area contributed by atoms with E-state index in [0.717, 1.165) is 4.88 Å². The molecule has 0 saturated heterocycles. The van der Waals surface area contributed by atoms with Crippen LogP contribution in [0.3, 0.4) is 0 Å². The molecule has 118 valence electrons. The Hall–Kier alpha value is -1.77. The first kappa shape index (κ1) is 16.6. The van der Waals surface area contributed by atoms with Gasteiger partial charge in [-0.2, -0.15) is 0 Å². The summed E-state index contributed by atoms with van der Waals surface area (Å²) < 4.78 is 26.9. The van der Waals surface area contributed by atoms with Crippen molar-refractivity contribution in [1.29, 1.82) is 0 Å². The predicted octanol–water partition coefficient (Wildman–Crippen LogP) is 2.71. The van der Waals surface area contributed by atoms with Crippen molar-refractivity contribution in [3.05, 3.63) is 62.3 Å². The number of nitro groups is 1. The molecule has 6 nitrogen and oxygen atoms in total. The van der Waals surface area contributed by atoms with Crippen molar-refractivity contribution in [1.82, 2.24) is 4.72 Å². The van der Waals surface area contributed by atoms with E-state index in [1.807, 2.05) is 17.5 Å². The fraction of sp³-hybridized carbons (Fsp3) is 0.286. The number of hydrogen-bond donors (Lipinski definition) is 1. The fourth-order valence-corrected chi connectivity index (χ4v) is 4.40. The molecule has 0 fully saturated rings. The first-order valence-corrected chi connectivity index (χ1v) is 9.15. The van der Waals surface area contributed by atoms with Crippen LogP contribution in [0.25, 0.3) is 0 Å². The van der Waals surface area contributed by atoms with Crippen molar-refractivity contribution < 1.29 is 13.3 Å². The lowest BCUT2D eigenvalue weighted by Crippen LogP contribution is -2.34. The quantitative estimate of drug-likeness (QED) is 0.620. The van der Waals surface area contributed by atoms with Crippen LogP contribution in [0.4, 0.5) is 5.69 Å². The lowest BCUT2D eigenvalue weighted by Gasteiger charge is -2.13. The van der Waals surface area contributed by atoms with Crippen LogP contribution in [-0.2, 0) is 22.2 Å². The van der Waals surface area contributed by atoms with Gasteiger partial charge in [-0.25, -0.2) is 13.1 Å². The van der Waals surface area contributed by atoms with Gasteiger partial charge in [-0.15, -0.1) is 11.3 Å². The maximum atomic E-state index is 12.2. The second kappa shape index (κ2) is 6.99. The zero-order valence-corrected chi connectivity index (χ0v) is 13.6. The van der Waals surface area contributed by atoms with E-state index in [1.165, 1.54) is 18.2 Å². The molecule has 1 atom stereocenters. The summed E-state index contributed by atoms with van der Waals surface area (Å²) in [6, 6.07) is 9.45. The fourth-order valence-electron chi connectivity index (χ4n) is 2.14. The van der Waals surface area contributed by atoms with Crippen molar-refractivity contribution >= 4 is 27.0 Å². The minimum Gasteiger partial charge on any atom is -0.258 e. The molecule has 1 heterocycles. The van der Waals surface area contributed by atoms with Crippen molar-refractivity contribution in [2.24, 2.45) is 0 Å². The van der Waals surface area contributed by atoms with Crippen LogP contribution in [-0.4, -0.2) is 19.4 Å². The van der Waals surface area contributed by atoms with Gasteiger partial charge in [0.15, 0.2) is 0 Å². The molecule has 0 amide bonds. The largest absolute Gasteiger partial charge is 0.273 e. The van der Waals surface area contributed by atoms with Gasteiger partial charge in [-0.05, 0) is 24.8 Å². The van der Waals surface area contributed by atoms with Crippen LogP contribution in [0, 0.1) is 10.1 Å². The maximum Gasteiger partial charge on any atom is 0.273 e. The second-order valence-corrected chi connectivity index (χ2v) is 7.73. The van der Waals surface area contributed by atoms with Gasteiger partial charge in [0.25, 0.3) is 5.69 Å². The number of hydrogen-bond acceptors (Lipinski definition) is 5. The van der Waals surface area contributed by atoms with Gasteiger partial charge in [0.05, 0.1) is 10.7 Å². The van der Waals surface area contributed by atoms with Crippen LogP contribution in [0.5, 0.6) is 0 Å². The van der Waals surface area contributed by atoms with Crippen molar-refractivity contribution in [3.8, 4) is 0 Å². The van der Waals surface area contributed by atoms with Gasteiger partial charge in [0, 0.05) is 22.5 Å². The normalized spacial score (nSPS) is 13.0. The van der Waals surface area contributed by atoms with Crippen LogP contribution < -0.4 is 4.72 Å². The molecule has 8 heteroatoms. The van der Waals surface area contributed by atoms with E-state index in [2.05, 4.69) is 4.72 Å². The Bertz CT molecular complexity index is 742. The number of sulfonamides is 1. The lowest BCUT2D eigenvalue weighted by atomic mass is 10.2. The highest BCUT2D eigenvalue weighted by atomic mass is 32.2. The van der Waals surface area contributed by atoms with Crippen LogP contribution >= 0.6 is 11.3 Å². The highest BCUT2D eigenvalue weighted by Crippen LogP contribution is 2.20. The zero-order valence-electron chi connectivity index (χ0n) is 11.9. The standard InChI is InChI=1S/C14H16N2O4S2/c1-11(9-13-6-4-8-21-13)15-22(19,20)10-12-5-2-3-7-14(12)16(17)18/h2-8,11,15H,9-10H2,1H3. The Balaban J connectivity index is 2.06. The molecule has 2 aromatic rings. The smallest absolute Gasteiger partial charge is 0.258 e. The minimum absolute atomic E-state index is 0.182. The summed E-state index contributed by atoms with van der Waals surface area (Å²) in [6.07, 6.45) is 0.591. The highest BCUT2D eigenvalue weighted by Gasteiger charge is 2.21. The van der Waals surface area contributed by atoms with Gasteiger partial charge < -0.3 is 0 Å². The van der Waals surface area contributed by atoms with E-state index in [-0.39, 0.29) is 17.3 Å². The number of benzene rings is 1. The predicted molar refractivity (Wildman–Crippen MR) is 86.3 cm³/mol. The molecule has 0 saturated carbocycles. The molecular formula is C14H16N2O4S2. The van der Waals surface area contributed by atoms with Crippen LogP contribution in [0.1, 0.15) is 17.4 Å².